The minimum atomic E-state index is -0.622. The zero-order chi connectivity index (χ0) is 25.1. The monoisotopic (exact) mass is 476 g/mol. The van der Waals surface area contributed by atoms with Gasteiger partial charge in [0.1, 0.15) is 17.3 Å². The maximum absolute atomic E-state index is 8.76. The number of fused-ring (bicyclic) bond motifs is 3. The van der Waals surface area contributed by atoms with E-state index in [0.29, 0.717) is 17.3 Å². The number of ether oxygens (including phenoxy) is 1. The molecule has 0 bridgehead atoms. The fourth-order valence-electron chi connectivity index (χ4n) is 4.01. The minimum absolute atomic E-state index is 0.0182. The molecule has 0 saturated carbocycles. The van der Waals surface area contributed by atoms with Crippen molar-refractivity contribution in [2.75, 3.05) is 4.90 Å². The van der Waals surface area contributed by atoms with Crippen molar-refractivity contribution in [2.45, 2.75) is 38.1 Å². The molecule has 2 unspecified atom stereocenters. The molecule has 2 aromatic carbocycles. The molecule has 1 aromatic heterocycles. The molecule has 4 heteroatoms. The molecule has 0 saturated heterocycles. The molecule has 0 radical (unpaired) electrons. The number of rotatable bonds is 3. The number of halogens is 1. The Morgan fingerprint density at radius 1 is 1.00 bits per heavy atom. The van der Waals surface area contributed by atoms with E-state index in [0.717, 1.165) is 21.3 Å². The standard InChI is InChI=1S/C27H25BrN2O/c1-27(2,3)18-13-14-29-26(15-18)30-24-10-5-4-9-22(24)23-12-11-21(17-25(23)30)31-20-8-6-7-19(28)16-20/h4-17,22,24H,1-3H3/i4D,5D,9D,10D. The number of anilines is 2. The van der Waals surface area contributed by atoms with E-state index in [1.54, 1.807) is 6.20 Å². The second-order valence-electron chi connectivity index (χ2n) is 8.76. The van der Waals surface area contributed by atoms with Gasteiger partial charge in [-0.1, -0.05) is 73.0 Å². The summed E-state index contributed by atoms with van der Waals surface area (Å²) in [7, 11) is 0. The summed E-state index contributed by atoms with van der Waals surface area (Å²) in [6, 6.07) is 16.2. The van der Waals surface area contributed by atoms with Gasteiger partial charge in [-0.25, -0.2) is 4.98 Å². The Bertz CT molecular complexity index is 1400. The Hall–Kier alpha value is -2.85. The third-order valence-corrected chi connectivity index (χ3v) is 6.08. The molecule has 31 heavy (non-hydrogen) atoms. The van der Waals surface area contributed by atoms with Gasteiger partial charge in [0.25, 0.3) is 0 Å². The number of pyridine rings is 1. The number of nitrogens with zero attached hydrogens (tertiary/aromatic N) is 2. The molecule has 3 nitrogen and oxygen atoms in total. The SMILES string of the molecule is [2H]C1=C([2H])C2c3ccc(Oc4cccc(Br)c4)cc3N(c3cc(C(C)(C)C)ccn3)C2C([2H])=C1[2H]. The highest BCUT2D eigenvalue weighted by Crippen LogP contribution is 2.49. The van der Waals surface area contributed by atoms with Gasteiger partial charge in [-0.3, -0.25) is 0 Å². The predicted octanol–water partition coefficient (Wildman–Crippen LogP) is 7.66. The van der Waals surface area contributed by atoms with Gasteiger partial charge in [0.05, 0.1) is 17.2 Å². The number of benzene rings is 2. The van der Waals surface area contributed by atoms with E-state index in [4.69, 9.17) is 10.2 Å². The van der Waals surface area contributed by atoms with Gasteiger partial charge in [-0.05, 0) is 52.9 Å². The fourth-order valence-corrected chi connectivity index (χ4v) is 4.38. The van der Waals surface area contributed by atoms with E-state index < -0.39 is 12.0 Å². The van der Waals surface area contributed by atoms with Crippen molar-refractivity contribution in [1.29, 1.82) is 0 Å². The van der Waals surface area contributed by atoms with Crippen LogP contribution in [-0.2, 0) is 5.41 Å². The predicted molar refractivity (Wildman–Crippen MR) is 131 cm³/mol. The second-order valence-corrected chi connectivity index (χ2v) is 9.68. The normalized spacial score (nSPS) is 22.4. The van der Waals surface area contributed by atoms with E-state index in [1.807, 2.05) is 59.5 Å². The van der Waals surface area contributed by atoms with Crippen LogP contribution in [0.15, 0.2) is 89.5 Å². The lowest BCUT2D eigenvalue weighted by Gasteiger charge is -2.29. The highest BCUT2D eigenvalue weighted by molar-refractivity contribution is 9.10. The van der Waals surface area contributed by atoms with Crippen molar-refractivity contribution in [3.8, 4) is 11.5 Å². The summed E-state index contributed by atoms with van der Waals surface area (Å²) in [5, 5.41) is 0. The van der Waals surface area contributed by atoms with E-state index in [2.05, 4.69) is 41.7 Å². The van der Waals surface area contributed by atoms with Crippen molar-refractivity contribution in [1.82, 2.24) is 4.98 Å². The van der Waals surface area contributed by atoms with Crippen LogP contribution >= 0.6 is 15.9 Å². The third kappa shape index (κ3) is 3.81. The Kier molecular flexibility index (Phi) is 3.94. The Morgan fingerprint density at radius 2 is 1.81 bits per heavy atom. The summed E-state index contributed by atoms with van der Waals surface area (Å²) in [5.74, 6) is 1.41. The van der Waals surface area contributed by atoms with Gasteiger partial charge in [-0.2, -0.15) is 0 Å². The molecule has 0 fully saturated rings. The molecule has 1 aliphatic heterocycles. The van der Waals surface area contributed by atoms with Gasteiger partial charge in [0.15, 0.2) is 0 Å². The van der Waals surface area contributed by atoms with Gasteiger partial charge in [-0.15, -0.1) is 0 Å². The summed E-state index contributed by atoms with van der Waals surface area (Å²) in [4.78, 5) is 6.57. The number of hydrogen-bond acceptors (Lipinski definition) is 3. The van der Waals surface area contributed by atoms with E-state index >= 15 is 0 Å². The quantitative estimate of drug-likeness (QED) is 0.387. The van der Waals surface area contributed by atoms with Crippen molar-refractivity contribution < 1.29 is 10.2 Å². The van der Waals surface area contributed by atoms with Crippen LogP contribution < -0.4 is 9.64 Å². The van der Waals surface area contributed by atoms with E-state index in [-0.39, 0.29) is 29.6 Å². The molecular formula is C27H25BrN2O. The molecule has 156 valence electrons. The zero-order valence-corrected chi connectivity index (χ0v) is 19.2. The summed E-state index contributed by atoms with van der Waals surface area (Å²) in [6.45, 7) is 6.39. The van der Waals surface area contributed by atoms with Crippen molar-refractivity contribution in [2.24, 2.45) is 0 Å². The Morgan fingerprint density at radius 3 is 2.61 bits per heavy atom. The third-order valence-electron chi connectivity index (χ3n) is 5.59. The highest BCUT2D eigenvalue weighted by Gasteiger charge is 2.38. The first kappa shape index (κ1) is 15.9. The van der Waals surface area contributed by atoms with Crippen molar-refractivity contribution in [3.05, 3.63) is 101 Å². The molecule has 0 amide bonds. The molecule has 2 aliphatic rings. The maximum Gasteiger partial charge on any atom is 0.133 e. The fraction of sp³-hybridized carbons (Fsp3) is 0.222. The van der Waals surface area contributed by atoms with Gasteiger partial charge in [0.2, 0.25) is 0 Å². The average Bonchev–Trinajstić information content (AvgIpc) is 3.15. The van der Waals surface area contributed by atoms with E-state index in [1.165, 1.54) is 0 Å². The van der Waals surface area contributed by atoms with Crippen LogP contribution in [0.3, 0.4) is 0 Å². The largest absolute Gasteiger partial charge is 0.457 e. The molecule has 0 N–H and O–H groups in total. The smallest absolute Gasteiger partial charge is 0.133 e. The molecule has 2 atom stereocenters. The lowest BCUT2D eigenvalue weighted by Crippen LogP contribution is -2.29. The molecule has 0 spiro atoms. The minimum Gasteiger partial charge on any atom is -0.457 e. The maximum atomic E-state index is 8.76. The average molecular weight is 477 g/mol. The first-order valence-corrected chi connectivity index (χ1v) is 11.0. The Balaban J connectivity index is 1.68. The first-order valence-electron chi connectivity index (χ1n) is 12.2. The lowest BCUT2D eigenvalue weighted by molar-refractivity contribution is 0.482. The zero-order valence-electron chi connectivity index (χ0n) is 21.6. The first-order chi connectivity index (χ1) is 16.6. The molecule has 5 rings (SSSR count). The van der Waals surface area contributed by atoms with Crippen LogP contribution in [0, 0.1) is 0 Å². The topological polar surface area (TPSA) is 25.4 Å². The van der Waals surface area contributed by atoms with Gasteiger partial charge >= 0.3 is 0 Å². The Labute approximate surface area is 197 Å². The van der Waals surface area contributed by atoms with Crippen LogP contribution in [0.25, 0.3) is 0 Å². The van der Waals surface area contributed by atoms with Crippen LogP contribution in [-0.4, -0.2) is 11.0 Å². The van der Waals surface area contributed by atoms with Crippen molar-refractivity contribution in [3.63, 3.8) is 0 Å². The molecule has 2 heterocycles. The molecule has 3 aromatic rings. The summed E-state index contributed by atoms with van der Waals surface area (Å²) in [6.07, 6.45) is 1.76. The summed E-state index contributed by atoms with van der Waals surface area (Å²) >= 11 is 3.47. The lowest BCUT2D eigenvalue weighted by atomic mass is 9.87. The second kappa shape index (κ2) is 7.69. The molecule has 1 aliphatic carbocycles. The number of hydrogen-bond donors (Lipinski definition) is 0. The number of allylic oxidation sites excluding steroid dienone is 2. The van der Waals surface area contributed by atoms with Crippen LogP contribution in [0.4, 0.5) is 11.5 Å². The highest BCUT2D eigenvalue weighted by atomic mass is 79.9. The van der Waals surface area contributed by atoms with Crippen LogP contribution in [0.2, 0.25) is 0 Å². The summed E-state index contributed by atoms with van der Waals surface area (Å²) < 4.78 is 41.1. The van der Waals surface area contributed by atoms with Gasteiger partial charge in [0, 0.05) is 22.7 Å². The molecular weight excluding hydrogens is 448 g/mol. The van der Waals surface area contributed by atoms with Crippen LogP contribution in [0.5, 0.6) is 11.5 Å². The van der Waals surface area contributed by atoms with Crippen molar-refractivity contribution >= 4 is 27.4 Å². The van der Waals surface area contributed by atoms with Crippen LogP contribution in [0.1, 0.15) is 43.3 Å². The van der Waals surface area contributed by atoms with E-state index in [9.17, 15) is 0 Å². The number of aromatic nitrogens is 1. The summed E-state index contributed by atoms with van der Waals surface area (Å²) in [5.41, 5.74) is 2.58. The van der Waals surface area contributed by atoms with Gasteiger partial charge < -0.3 is 9.64 Å².